The minimum absolute atomic E-state index is 0.225. The van der Waals surface area contributed by atoms with Crippen molar-refractivity contribution in [3.8, 4) is 0 Å². The molecule has 2 heterocycles. The first-order chi connectivity index (χ1) is 10.7. The Kier molecular flexibility index (Phi) is 4.05. The summed E-state index contributed by atoms with van der Waals surface area (Å²) in [5, 5.41) is 0.757. The summed E-state index contributed by atoms with van der Waals surface area (Å²) in [6, 6.07) is 5.99. The molecule has 0 spiro atoms. The Balaban J connectivity index is 1.64. The molecule has 4 nitrogen and oxygen atoms in total. The molecule has 0 aromatic heterocycles. The summed E-state index contributed by atoms with van der Waals surface area (Å²) in [6.07, 6.45) is -0.225. The summed E-state index contributed by atoms with van der Waals surface area (Å²) in [5.74, 6) is 0. The lowest BCUT2D eigenvalue weighted by Gasteiger charge is -2.27. The summed E-state index contributed by atoms with van der Waals surface area (Å²) >= 11 is 6.13. The molecule has 23 heavy (non-hydrogen) atoms. The largest absolute Gasteiger partial charge is 0.444 e. The number of nitrogens with zero attached hydrogens (tertiary/aromatic N) is 2. The van der Waals surface area contributed by atoms with E-state index in [2.05, 4.69) is 11.8 Å². The van der Waals surface area contributed by atoms with E-state index in [0.29, 0.717) is 13.1 Å². The lowest BCUT2D eigenvalue weighted by atomic mass is 10.2. The van der Waals surface area contributed by atoms with Gasteiger partial charge in [0.2, 0.25) is 0 Å². The number of carbonyl (C=O) groups is 1. The van der Waals surface area contributed by atoms with Gasteiger partial charge in [-0.05, 0) is 56.5 Å². The molecule has 0 N–H and O–H groups in total. The number of ether oxygens (including phenoxy) is 1. The zero-order chi connectivity index (χ0) is 16.8. The van der Waals surface area contributed by atoms with Crippen molar-refractivity contribution < 1.29 is 9.53 Å². The maximum absolute atomic E-state index is 12.2. The van der Waals surface area contributed by atoms with Crippen LogP contribution in [0, 0.1) is 6.92 Å². The number of hydrogen-bond donors (Lipinski definition) is 0. The number of carbonyl (C=O) groups excluding carboxylic acids is 1. The molecule has 1 aromatic rings. The van der Waals surface area contributed by atoms with Gasteiger partial charge >= 0.3 is 6.09 Å². The minimum atomic E-state index is -0.450. The Hall–Kier alpha value is -1.68. The smallest absolute Gasteiger partial charge is 0.410 e. The van der Waals surface area contributed by atoms with Gasteiger partial charge in [0.15, 0.2) is 0 Å². The first kappa shape index (κ1) is 16.2. The van der Waals surface area contributed by atoms with Crippen LogP contribution < -0.4 is 4.90 Å². The fraction of sp³-hybridized carbons (Fsp3) is 0.500. The number of hydrogen-bond acceptors (Lipinski definition) is 3. The second kappa shape index (κ2) is 5.75. The van der Waals surface area contributed by atoms with Crippen molar-refractivity contribution in [3.63, 3.8) is 0 Å². The molecule has 0 bridgehead atoms. The van der Waals surface area contributed by atoms with Crippen LogP contribution in [-0.4, -0.2) is 42.8 Å². The normalized spacial score (nSPS) is 17.8. The second-order valence-electron chi connectivity index (χ2n) is 7.33. The average Bonchev–Trinajstić information content (AvgIpc) is 2.97. The third-order valence-corrected chi connectivity index (χ3v) is 4.43. The Morgan fingerprint density at radius 1 is 1.13 bits per heavy atom. The van der Waals surface area contributed by atoms with Crippen molar-refractivity contribution in [1.82, 2.24) is 4.90 Å². The van der Waals surface area contributed by atoms with E-state index in [1.54, 1.807) is 4.90 Å². The maximum Gasteiger partial charge on any atom is 0.410 e. The van der Waals surface area contributed by atoms with E-state index < -0.39 is 5.60 Å². The van der Waals surface area contributed by atoms with Crippen LogP contribution in [0.3, 0.4) is 0 Å². The van der Waals surface area contributed by atoms with Crippen molar-refractivity contribution in [2.45, 2.75) is 33.3 Å². The van der Waals surface area contributed by atoms with E-state index in [4.69, 9.17) is 16.3 Å². The van der Waals surface area contributed by atoms with Gasteiger partial charge in [-0.25, -0.2) is 4.79 Å². The molecule has 1 amide bonds. The predicted molar refractivity (Wildman–Crippen MR) is 93.2 cm³/mol. The van der Waals surface area contributed by atoms with Gasteiger partial charge in [0.25, 0.3) is 0 Å². The van der Waals surface area contributed by atoms with E-state index in [0.717, 1.165) is 18.1 Å². The van der Waals surface area contributed by atoms with Crippen LogP contribution in [0.15, 0.2) is 29.3 Å². The first-order valence-corrected chi connectivity index (χ1v) is 8.29. The lowest BCUT2D eigenvalue weighted by Crippen LogP contribution is -2.38. The van der Waals surface area contributed by atoms with Gasteiger partial charge in [-0.1, -0.05) is 17.7 Å². The molecule has 0 radical (unpaired) electrons. The third-order valence-electron chi connectivity index (χ3n) is 4.19. The van der Waals surface area contributed by atoms with Crippen LogP contribution in [0.25, 0.3) is 0 Å². The topological polar surface area (TPSA) is 32.8 Å². The quantitative estimate of drug-likeness (QED) is 0.727. The van der Waals surface area contributed by atoms with Crippen molar-refractivity contribution in [3.05, 3.63) is 39.9 Å². The molecule has 0 saturated carbocycles. The van der Waals surface area contributed by atoms with Crippen LogP contribution in [0.1, 0.15) is 26.3 Å². The van der Waals surface area contributed by atoms with Crippen LogP contribution in [-0.2, 0) is 4.74 Å². The Morgan fingerprint density at radius 2 is 1.74 bits per heavy atom. The highest BCUT2D eigenvalue weighted by atomic mass is 35.5. The molecular formula is C18H23ClN2O2. The summed E-state index contributed by atoms with van der Waals surface area (Å²) in [7, 11) is 0. The van der Waals surface area contributed by atoms with E-state index in [1.807, 2.05) is 39.0 Å². The highest BCUT2D eigenvalue weighted by Crippen LogP contribution is 2.33. The maximum atomic E-state index is 12.2. The lowest BCUT2D eigenvalue weighted by molar-refractivity contribution is 0.0297. The van der Waals surface area contributed by atoms with Gasteiger partial charge in [0.1, 0.15) is 5.60 Å². The van der Waals surface area contributed by atoms with E-state index >= 15 is 0 Å². The minimum Gasteiger partial charge on any atom is -0.444 e. The standard InChI is InChI=1S/C18H23ClN2O2/c1-12-5-6-15(19)7-16(12)20-8-13-10-21(11-14(13)9-20)17(22)23-18(2,3)4/h5-7H,8-11H2,1-4H3. The van der Waals surface area contributed by atoms with Crippen LogP contribution >= 0.6 is 11.6 Å². The van der Waals surface area contributed by atoms with Gasteiger partial charge in [0.05, 0.1) is 0 Å². The van der Waals surface area contributed by atoms with Crippen LogP contribution in [0.5, 0.6) is 0 Å². The van der Waals surface area contributed by atoms with Crippen molar-refractivity contribution in [1.29, 1.82) is 0 Å². The summed E-state index contributed by atoms with van der Waals surface area (Å²) in [4.78, 5) is 16.3. The molecule has 2 aliphatic rings. The first-order valence-electron chi connectivity index (χ1n) is 7.92. The molecule has 0 aliphatic carbocycles. The predicted octanol–water partition coefficient (Wildman–Crippen LogP) is 4.02. The Labute approximate surface area is 142 Å². The number of rotatable bonds is 1. The summed E-state index contributed by atoms with van der Waals surface area (Å²) in [5.41, 5.74) is 4.61. The molecule has 5 heteroatoms. The molecular weight excluding hydrogens is 312 g/mol. The average molecular weight is 335 g/mol. The molecule has 2 aliphatic heterocycles. The SMILES string of the molecule is Cc1ccc(Cl)cc1N1CC2=C(CN(C(=O)OC(C)(C)C)C2)C1. The fourth-order valence-electron chi connectivity index (χ4n) is 3.13. The molecule has 124 valence electrons. The third kappa shape index (κ3) is 3.47. The Morgan fingerprint density at radius 3 is 2.30 bits per heavy atom. The zero-order valence-corrected chi connectivity index (χ0v) is 14.9. The monoisotopic (exact) mass is 334 g/mol. The molecule has 0 unspecified atom stereocenters. The van der Waals surface area contributed by atoms with Gasteiger partial charge in [-0.2, -0.15) is 0 Å². The number of halogens is 1. The Bertz CT molecular complexity index is 658. The second-order valence-corrected chi connectivity index (χ2v) is 7.77. The van der Waals surface area contributed by atoms with E-state index in [9.17, 15) is 4.79 Å². The summed E-state index contributed by atoms with van der Waals surface area (Å²) in [6.45, 7) is 10.8. The number of benzene rings is 1. The number of amides is 1. The van der Waals surface area contributed by atoms with Crippen LogP contribution in [0.2, 0.25) is 5.02 Å². The van der Waals surface area contributed by atoms with Gasteiger partial charge in [-0.15, -0.1) is 0 Å². The summed E-state index contributed by atoms with van der Waals surface area (Å²) < 4.78 is 5.46. The zero-order valence-electron chi connectivity index (χ0n) is 14.1. The highest BCUT2D eigenvalue weighted by molar-refractivity contribution is 6.30. The van der Waals surface area contributed by atoms with Crippen molar-refractivity contribution in [2.75, 3.05) is 31.1 Å². The van der Waals surface area contributed by atoms with Crippen molar-refractivity contribution >= 4 is 23.4 Å². The molecule has 0 atom stereocenters. The van der Waals surface area contributed by atoms with Gasteiger partial charge < -0.3 is 14.5 Å². The van der Waals surface area contributed by atoms with Gasteiger partial charge in [-0.3, -0.25) is 0 Å². The van der Waals surface area contributed by atoms with E-state index in [1.165, 1.54) is 22.4 Å². The molecule has 1 aromatic carbocycles. The van der Waals surface area contributed by atoms with E-state index in [-0.39, 0.29) is 6.09 Å². The molecule has 3 rings (SSSR count). The number of anilines is 1. The molecule has 0 saturated heterocycles. The number of aryl methyl sites for hydroxylation is 1. The van der Waals surface area contributed by atoms with Crippen molar-refractivity contribution in [2.24, 2.45) is 0 Å². The van der Waals surface area contributed by atoms with Gasteiger partial charge in [0, 0.05) is 36.9 Å². The fourth-order valence-corrected chi connectivity index (χ4v) is 3.30. The van der Waals surface area contributed by atoms with Crippen LogP contribution in [0.4, 0.5) is 10.5 Å². The molecule has 0 fully saturated rings. The highest BCUT2D eigenvalue weighted by Gasteiger charge is 2.34.